The molecule has 0 aliphatic rings. The second-order valence-corrected chi connectivity index (χ2v) is 6.49. The van der Waals surface area contributed by atoms with Crippen LogP contribution < -0.4 is 10.6 Å². The normalized spacial score (nSPS) is 10.5. The molecule has 2 aromatic rings. The van der Waals surface area contributed by atoms with Crippen molar-refractivity contribution in [2.24, 2.45) is 5.41 Å². The fourth-order valence-corrected chi connectivity index (χ4v) is 2.26. The van der Waals surface area contributed by atoms with E-state index in [-0.39, 0.29) is 6.61 Å². The standard InChI is InChI=1S/C21H21N3O4/c1-4-28-18(25)14-9-11-16(12-10-14)23-19(26)21(2,3)20(27)24-17-8-6-5-7-15(17)13-22/h5-12H,4H2,1-3H3,(H,23,26)(H,24,27). The number of hydrogen-bond donors (Lipinski definition) is 2. The Hall–Kier alpha value is -3.66. The predicted molar refractivity (Wildman–Crippen MR) is 105 cm³/mol. The quantitative estimate of drug-likeness (QED) is 0.591. The van der Waals surface area contributed by atoms with Gasteiger partial charge in [-0.3, -0.25) is 9.59 Å². The summed E-state index contributed by atoms with van der Waals surface area (Å²) in [5, 5.41) is 14.4. The molecule has 144 valence electrons. The first kappa shape index (κ1) is 20.6. The number of carbonyl (C=O) groups is 3. The van der Waals surface area contributed by atoms with Crippen LogP contribution in [-0.2, 0) is 14.3 Å². The Morgan fingerprint density at radius 2 is 1.61 bits per heavy atom. The van der Waals surface area contributed by atoms with Crippen LogP contribution in [0.5, 0.6) is 0 Å². The zero-order chi connectivity index (χ0) is 20.7. The maximum absolute atomic E-state index is 12.6. The number of nitrogens with one attached hydrogen (secondary N) is 2. The van der Waals surface area contributed by atoms with E-state index >= 15 is 0 Å². The number of anilines is 2. The number of nitrogens with zero attached hydrogens (tertiary/aromatic N) is 1. The Morgan fingerprint density at radius 1 is 1.00 bits per heavy atom. The van der Waals surface area contributed by atoms with Gasteiger partial charge in [0.1, 0.15) is 11.5 Å². The minimum absolute atomic E-state index is 0.273. The van der Waals surface area contributed by atoms with E-state index in [1.54, 1.807) is 43.3 Å². The molecule has 0 saturated carbocycles. The van der Waals surface area contributed by atoms with Crippen molar-refractivity contribution in [3.05, 3.63) is 59.7 Å². The van der Waals surface area contributed by atoms with Gasteiger partial charge in [0, 0.05) is 5.69 Å². The highest BCUT2D eigenvalue weighted by Gasteiger charge is 2.36. The number of esters is 1. The van der Waals surface area contributed by atoms with Crippen LogP contribution in [0.4, 0.5) is 11.4 Å². The lowest BCUT2D eigenvalue weighted by molar-refractivity contribution is -0.135. The maximum Gasteiger partial charge on any atom is 0.338 e. The molecule has 0 aliphatic carbocycles. The Labute approximate surface area is 163 Å². The van der Waals surface area contributed by atoms with E-state index in [0.717, 1.165) is 0 Å². The molecule has 2 amide bonds. The van der Waals surface area contributed by atoms with Gasteiger partial charge in [-0.15, -0.1) is 0 Å². The van der Waals surface area contributed by atoms with E-state index in [1.807, 2.05) is 6.07 Å². The third-order valence-electron chi connectivity index (χ3n) is 4.08. The molecule has 0 atom stereocenters. The highest BCUT2D eigenvalue weighted by molar-refractivity contribution is 6.14. The lowest BCUT2D eigenvalue weighted by Gasteiger charge is -2.23. The zero-order valence-electron chi connectivity index (χ0n) is 15.9. The number of amides is 2. The zero-order valence-corrected chi connectivity index (χ0v) is 15.9. The first-order valence-corrected chi connectivity index (χ1v) is 8.68. The molecule has 0 heterocycles. The van der Waals surface area contributed by atoms with Gasteiger partial charge in [-0.25, -0.2) is 4.79 Å². The first-order valence-electron chi connectivity index (χ1n) is 8.68. The summed E-state index contributed by atoms with van der Waals surface area (Å²) < 4.78 is 4.91. The van der Waals surface area contributed by atoms with Crippen molar-refractivity contribution in [1.29, 1.82) is 5.26 Å². The van der Waals surface area contributed by atoms with Gasteiger partial charge in [-0.05, 0) is 57.2 Å². The van der Waals surface area contributed by atoms with E-state index in [0.29, 0.717) is 22.5 Å². The van der Waals surface area contributed by atoms with Crippen LogP contribution in [0, 0.1) is 16.7 Å². The molecule has 2 rings (SSSR count). The SMILES string of the molecule is CCOC(=O)c1ccc(NC(=O)C(C)(C)C(=O)Nc2ccccc2C#N)cc1. The average Bonchev–Trinajstić information content (AvgIpc) is 2.69. The number of benzene rings is 2. The number of nitriles is 1. The van der Waals surface area contributed by atoms with Crippen molar-refractivity contribution in [3.8, 4) is 6.07 Å². The number of hydrogen-bond acceptors (Lipinski definition) is 5. The largest absolute Gasteiger partial charge is 0.462 e. The lowest BCUT2D eigenvalue weighted by Crippen LogP contribution is -2.41. The van der Waals surface area contributed by atoms with Gasteiger partial charge in [-0.1, -0.05) is 12.1 Å². The summed E-state index contributed by atoms with van der Waals surface area (Å²) in [6.45, 7) is 4.96. The smallest absolute Gasteiger partial charge is 0.338 e. The monoisotopic (exact) mass is 379 g/mol. The average molecular weight is 379 g/mol. The molecule has 0 fully saturated rings. The molecule has 28 heavy (non-hydrogen) atoms. The van der Waals surface area contributed by atoms with Crippen molar-refractivity contribution in [2.75, 3.05) is 17.2 Å². The molecule has 7 nitrogen and oxygen atoms in total. The van der Waals surface area contributed by atoms with Gasteiger partial charge in [0.05, 0.1) is 23.4 Å². The van der Waals surface area contributed by atoms with E-state index in [2.05, 4.69) is 10.6 Å². The van der Waals surface area contributed by atoms with Crippen molar-refractivity contribution in [3.63, 3.8) is 0 Å². The van der Waals surface area contributed by atoms with Crippen molar-refractivity contribution in [1.82, 2.24) is 0 Å². The van der Waals surface area contributed by atoms with Crippen LogP contribution in [0.15, 0.2) is 48.5 Å². The summed E-state index contributed by atoms with van der Waals surface area (Å²) in [6, 6.07) is 14.7. The maximum atomic E-state index is 12.6. The van der Waals surface area contributed by atoms with Crippen molar-refractivity contribution < 1.29 is 19.1 Å². The molecule has 7 heteroatoms. The lowest BCUT2D eigenvalue weighted by atomic mass is 9.90. The molecule has 0 spiro atoms. The third kappa shape index (κ3) is 4.74. The van der Waals surface area contributed by atoms with Gasteiger partial charge in [0.2, 0.25) is 11.8 Å². The fourth-order valence-electron chi connectivity index (χ4n) is 2.26. The summed E-state index contributed by atoms with van der Waals surface area (Å²) in [4.78, 5) is 36.9. The molecular weight excluding hydrogens is 358 g/mol. The Kier molecular flexibility index (Phi) is 6.51. The van der Waals surface area contributed by atoms with Crippen LogP contribution in [0.2, 0.25) is 0 Å². The molecule has 0 aromatic heterocycles. The number of ether oxygens (including phenoxy) is 1. The molecule has 0 saturated heterocycles. The van der Waals surface area contributed by atoms with Gasteiger partial charge < -0.3 is 15.4 Å². The highest BCUT2D eigenvalue weighted by Crippen LogP contribution is 2.23. The minimum Gasteiger partial charge on any atom is -0.462 e. The van der Waals surface area contributed by atoms with E-state index in [9.17, 15) is 14.4 Å². The third-order valence-corrected chi connectivity index (χ3v) is 4.08. The Balaban J connectivity index is 2.08. The van der Waals surface area contributed by atoms with Gasteiger partial charge in [0.25, 0.3) is 0 Å². The summed E-state index contributed by atoms with van der Waals surface area (Å²) in [5.41, 5.74) is 0.0557. The van der Waals surface area contributed by atoms with Crippen LogP contribution in [0.1, 0.15) is 36.7 Å². The minimum atomic E-state index is -1.40. The topological polar surface area (TPSA) is 108 Å². The molecule has 0 bridgehead atoms. The van der Waals surface area contributed by atoms with Crippen molar-refractivity contribution in [2.45, 2.75) is 20.8 Å². The second-order valence-electron chi connectivity index (χ2n) is 6.49. The van der Waals surface area contributed by atoms with E-state index in [4.69, 9.17) is 10.00 Å². The predicted octanol–water partition coefficient (Wildman–Crippen LogP) is 3.34. The second kappa shape index (κ2) is 8.82. The molecular formula is C21H21N3O4. The number of rotatable bonds is 6. The summed E-state index contributed by atoms with van der Waals surface area (Å²) in [7, 11) is 0. The molecule has 2 aromatic carbocycles. The molecule has 0 radical (unpaired) electrons. The van der Waals surface area contributed by atoms with Gasteiger partial charge in [0.15, 0.2) is 0 Å². The molecule has 0 unspecified atom stereocenters. The van der Waals surface area contributed by atoms with Crippen LogP contribution in [0.3, 0.4) is 0 Å². The van der Waals surface area contributed by atoms with Crippen molar-refractivity contribution >= 4 is 29.2 Å². The van der Waals surface area contributed by atoms with E-state index < -0.39 is 23.2 Å². The van der Waals surface area contributed by atoms with E-state index in [1.165, 1.54) is 26.0 Å². The number of para-hydroxylation sites is 1. The van der Waals surface area contributed by atoms with Gasteiger partial charge >= 0.3 is 5.97 Å². The summed E-state index contributed by atoms with van der Waals surface area (Å²) >= 11 is 0. The Bertz CT molecular complexity index is 927. The molecule has 0 aliphatic heterocycles. The highest BCUT2D eigenvalue weighted by atomic mass is 16.5. The van der Waals surface area contributed by atoms with Crippen LogP contribution in [-0.4, -0.2) is 24.4 Å². The Morgan fingerprint density at radius 3 is 2.21 bits per heavy atom. The van der Waals surface area contributed by atoms with Crippen LogP contribution in [0.25, 0.3) is 0 Å². The fraction of sp³-hybridized carbons (Fsp3) is 0.238. The number of carbonyl (C=O) groups excluding carboxylic acids is 3. The van der Waals surface area contributed by atoms with Gasteiger partial charge in [-0.2, -0.15) is 5.26 Å². The van der Waals surface area contributed by atoms with Crippen LogP contribution >= 0.6 is 0 Å². The summed E-state index contributed by atoms with van der Waals surface area (Å²) in [5.74, 6) is -1.52. The molecule has 2 N–H and O–H groups in total. The first-order chi connectivity index (χ1) is 13.3. The summed E-state index contributed by atoms with van der Waals surface area (Å²) in [6.07, 6.45) is 0.